The number of pyridine rings is 1. The summed E-state index contributed by atoms with van der Waals surface area (Å²) >= 11 is 0. The lowest BCUT2D eigenvalue weighted by Gasteiger charge is -2.06. The fourth-order valence-corrected chi connectivity index (χ4v) is 3.89. The van der Waals surface area contributed by atoms with Gasteiger partial charge in [-0.25, -0.2) is 5.43 Å². The van der Waals surface area contributed by atoms with Crippen LogP contribution in [-0.2, 0) is 11.3 Å². The van der Waals surface area contributed by atoms with Gasteiger partial charge < -0.3 is 4.57 Å². The van der Waals surface area contributed by atoms with Gasteiger partial charge in [0, 0.05) is 41.6 Å². The molecule has 0 saturated carbocycles. The smallest absolute Gasteiger partial charge is 0.241 e. The van der Waals surface area contributed by atoms with Crippen molar-refractivity contribution in [3.05, 3.63) is 77.1 Å². The molecular weight excluding hydrogens is 360 g/mol. The number of aromatic nitrogens is 2. The van der Waals surface area contributed by atoms with Crippen LogP contribution in [-0.4, -0.2) is 21.7 Å². The first-order valence-electron chi connectivity index (χ1n) is 9.75. The highest BCUT2D eigenvalue weighted by atomic mass is 16.2. The summed E-state index contributed by atoms with van der Waals surface area (Å²) in [5.74, 6) is -0.104. The molecule has 0 bridgehead atoms. The van der Waals surface area contributed by atoms with Gasteiger partial charge in [-0.1, -0.05) is 18.2 Å². The Kier molecular flexibility index (Phi) is 5.12. The van der Waals surface area contributed by atoms with E-state index in [1.54, 1.807) is 12.4 Å². The van der Waals surface area contributed by atoms with E-state index in [9.17, 15) is 4.79 Å². The van der Waals surface area contributed by atoms with Crippen LogP contribution in [0.3, 0.4) is 0 Å². The van der Waals surface area contributed by atoms with Crippen LogP contribution in [0.15, 0.2) is 60.0 Å². The molecule has 5 nitrogen and oxygen atoms in total. The molecule has 29 heavy (non-hydrogen) atoms. The maximum atomic E-state index is 12.2. The van der Waals surface area contributed by atoms with Crippen LogP contribution < -0.4 is 5.43 Å². The number of hydrogen-bond acceptors (Lipinski definition) is 3. The van der Waals surface area contributed by atoms with Crippen LogP contribution in [0.1, 0.15) is 28.7 Å². The van der Waals surface area contributed by atoms with Gasteiger partial charge in [0.05, 0.1) is 11.7 Å². The molecule has 0 fully saturated rings. The highest BCUT2D eigenvalue weighted by Crippen LogP contribution is 2.24. The topological polar surface area (TPSA) is 59.3 Å². The number of nitrogens with one attached hydrogen (secondary N) is 1. The third kappa shape index (κ3) is 3.90. The summed E-state index contributed by atoms with van der Waals surface area (Å²) in [6, 6.07) is 14.2. The quantitative estimate of drug-likeness (QED) is 0.402. The van der Waals surface area contributed by atoms with Crippen molar-refractivity contribution in [1.29, 1.82) is 0 Å². The predicted octanol–water partition coefficient (Wildman–Crippen LogP) is 4.66. The molecule has 4 aromatic rings. The van der Waals surface area contributed by atoms with Gasteiger partial charge in [0.2, 0.25) is 5.91 Å². The summed E-state index contributed by atoms with van der Waals surface area (Å²) in [7, 11) is 0. The predicted molar refractivity (Wildman–Crippen MR) is 118 cm³/mol. The molecule has 1 amide bonds. The van der Waals surface area contributed by atoms with Crippen molar-refractivity contribution in [2.45, 2.75) is 33.7 Å². The van der Waals surface area contributed by atoms with Gasteiger partial charge >= 0.3 is 0 Å². The van der Waals surface area contributed by atoms with E-state index < -0.39 is 0 Å². The summed E-state index contributed by atoms with van der Waals surface area (Å²) in [4.78, 5) is 16.6. The zero-order valence-electron chi connectivity index (χ0n) is 16.9. The number of fused-ring (bicyclic) bond motifs is 2. The second-order valence-corrected chi connectivity index (χ2v) is 7.43. The first-order valence-corrected chi connectivity index (χ1v) is 9.75. The van der Waals surface area contributed by atoms with Crippen LogP contribution >= 0.6 is 0 Å². The van der Waals surface area contributed by atoms with Crippen molar-refractivity contribution in [1.82, 2.24) is 15.0 Å². The fourth-order valence-electron chi connectivity index (χ4n) is 3.89. The minimum absolute atomic E-state index is 0.104. The Morgan fingerprint density at radius 3 is 2.83 bits per heavy atom. The van der Waals surface area contributed by atoms with Crippen LogP contribution in [0.25, 0.3) is 21.8 Å². The number of carbonyl (C=O) groups is 1. The molecule has 5 heteroatoms. The minimum Gasteiger partial charge on any atom is -0.347 e. The van der Waals surface area contributed by atoms with E-state index in [-0.39, 0.29) is 5.91 Å². The maximum absolute atomic E-state index is 12.2. The SMILES string of the molecule is Cc1cc(C=NNC(=O)CCn2cc(C)c3c(C)cccc32)cc2cccnc12. The van der Waals surface area contributed by atoms with E-state index in [1.165, 1.54) is 22.0 Å². The number of hydrogen-bond donors (Lipinski definition) is 1. The minimum atomic E-state index is -0.104. The zero-order chi connectivity index (χ0) is 20.4. The average molecular weight is 384 g/mol. The largest absolute Gasteiger partial charge is 0.347 e. The van der Waals surface area contributed by atoms with Gasteiger partial charge in [-0.05, 0) is 67.3 Å². The van der Waals surface area contributed by atoms with Gasteiger partial charge in [-0.2, -0.15) is 5.10 Å². The monoisotopic (exact) mass is 384 g/mol. The van der Waals surface area contributed by atoms with Crippen molar-refractivity contribution in [2.24, 2.45) is 5.10 Å². The molecule has 4 rings (SSSR count). The van der Waals surface area contributed by atoms with E-state index in [4.69, 9.17) is 0 Å². The summed E-state index contributed by atoms with van der Waals surface area (Å²) in [5.41, 5.74) is 9.30. The molecular formula is C24H24N4O. The van der Waals surface area contributed by atoms with E-state index in [0.717, 1.165) is 22.0 Å². The van der Waals surface area contributed by atoms with Crippen molar-refractivity contribution in [2.75, 3.05) is 0 Å². The number of rotatable bonds is 5. The summed E-state index contributed by atoms with van der Waals surface area (Å²) in [5, 5.41) is 6.46. The number of hydrazone groups is 1. The van der Waals surface area contributed by atoms with Crippen LogP contribution in [0.2, 0.25) is 0 Å². The van der Waals surface area contributed by atoms with Crippen molar-refractivity contribution < 1.29 is 4.79 Å². The Bertz CT molecular complexity index is 1240. The molecule has 0 atom stereocenters. The molecule has 0 aliphatic carbocycles. The van der Waals surface area contributed by atoms with Crippen molar-refractivity contribution in [3.63, 3.8) is 0 Å². The van der Waals surface area contributed by atoms with Crippen LogP contribution in [0.5, 0.6) is 0 Å². The normalized spacial score (nSPS) is 11.6. The Hall–Kier alpha value is -3.47. The molecule has 0 radical (unpaired) electrons. The first-order chi connectivity index (χ1) is 14.0. The molecule has 0 aliphatic heterocycles. The Labute approximate surface area is 170 Å². The molecule has 0 saturated heterocycles. The van der Waals surface area contributed by atoms with Crippen molar-refractivity contribution >= 4 is 33.9 Å². The number of carbonyl (C=O) groups excluding carboxylic acids is 1. The van der Waals surface area contributed by atoms with Gasteiger partial charge in [-0.3, -0.25) is 9.78 Å². The van der Waals surface area contributed by atoms with E-state index in [0.29, 0.717) is 13.0 Å². The van der Waals surface area contributed by atoms with Crippen LogP contribution in [0.4, 0.5) is 0 Å². The molecule has 0 aliphatic rings. The maximum Gasteiger partial charge on any atom is 0.241 e. The zero-order valence-corrected chi connectivity index (χ0v) is 16.9. The van der Waals surface area contributed by atoms with Crippen LogP contribution in [0, 0.1) is 20.8 Å². The lowest BCUT2D eigenvalue weighted by molar-refractivity contribution is -0.121. The molecule has 0 unspecified atom stereocenters. The molecule has 2 aromatic heterocycles. The van der Waals surface area contributed by atoms with E-state index in [1.807, 2.05) is 31.2 Å². The fraction of sp³-hybridized carbons (Fsp3) is 0.208. The summed E-state index contributed by atoms with van der Waals surface area (Å²) in [6.45, 7) is 6.87. The molecule has 2 aromatic carbocycles. The Morgan fingerprint density at radius 1 is 1.10 bits per heavy atom. The first kappa shape index (κ1) is 18.9. The molecule has 2 heterocycles. The lowest BCUT2D eigenvalue weighted by atomic mass is 10.1. The number of nitrogens with zero attached hydrogens (tertiary/aromatic N) is 3. The third-order valence-corrected chi connectivity index (χ3v) is 5.20. The van der Waals surface area contributed by atoms with Gasteiger partial charge in [0.25, 0.3) is 0 Å². The highest BCUT2D eigenvalue weighted by Gasteiger charge is 2.09. The second-order valence-electron chi connectivity index (χ2n) is 7.43. The molecule has 1 N–H and O–H groups in total. The average Bonchev–Trinajstić information content (AvgIpc) is 3.03. The Balaban J connectivity index is 1.40. The second kappa shape index (κ2) is 7.87. The van der Waals surface area contributed by atoms with E-state index >= 15 is 0 Å². The van der Waals surface area contributed by atoms with Gasteiger partial charge in [-0.15, -0.1) is 0 Å². The van der Waals surface area contributed by atoms with E-state index in [2.05, 4.69) is 58.3 Å². The Morgan fingerprint density at radius 2 is 1.97 bits per heavy atom. The lowest BCUT2D eigenvalue weighted by Crippen LogP contribution is -2.19. The highest BCUT2D eigenvalue weighted by molar-refractivity contribution is 5.91. The van der Waals surface area contributed by atoms with Gasteiger partial charge in [0.1, 0.15) is 0 Å². The number of amides is 1. The van der Waals surface area contributed by atoms with Gasteiger partial charge in [0.15, 0.2) is 0 Å². The molecule has 0 spiro atoms. The summed E-state index contributed by atoms with van der Waals surface area (Å²) in [6.07, 6.45) is 5.95. The standard InChI is InChI=1S/C24H24N4O/c1-16-6-4-8-21-23(16)18(3)15-28(21)11-9-22(29)27-26-14-19-12-17(2)24-20(13-19)7-5-10-25-24/h4-8,10,12-15H,9,11H2,1-3H3,(H,27,29). The third-order valence-electron chi connectivity index (χ3n) is 5.20. The summed E-state index contributed by atoms with van der Waals surface area (Å²) < 4.78 is 2.14. The number of aryl methyl sites for hydroxylation is 4. The van der Waals surface area contributed by atoms with Crippen molar-refractivity contribution in [3.8, 4) is 0 Å². The number of benzene rings is 2. The molecule has 146 valence electrons.